The number of hydrogen-bond acceptors (Lipinski definition) is 5. The highest BCUT2D eigenvalue weighted by Gasteiger charge is 2.31. The summed E-state index contributed by atoms with van der Waals surface area (Å²) in [5.41, 5.74) is 3.36. The first-order valence-electron chi connectivity index (χ1n) is 11.7. The Labute approximate surface area is 205 Å². The largest absolute Gasteiger partial charge is 0.369 e. The van der Waals surface area contributed by atoms with Crippen molar-refractivity contribution in [1.29, 1.82) is 0 Å². The maximum atomic E-state index is 12.7. The van der Waals surface area contributed by atoms with E-state index in [2.05, 4.69) is 56.1 Å². The van der Waals surface area contributed by atoms with Crippen molar-refractivity contribution in [2.45, 2.75) is 32.5 Å². The average Bonchev–Trinajstić information content (AvgIpc) is 3.39. The minimum absolute atomic E-state index is 0.0202. The van der Waals surface area contributed by atoms with Gasteiger partial charge in [-0.2, -0.15) is 0 Å². The van der Waals surface area contributed by atoms with Gasteiger partial charge in [0.25, 0.3) is 0 Å². The third-order valence-electron chi connectivity index (χ3n) is 6.28. The van der Waals surface area contributed by atoms with E-state index < -0.39 is 11.8 Å². The zero-order valence-corrected chi connectivity index (χ0v) is 20.6. The van der Waals surface area contributed by atoms with E-state index in [1.165, 1.54) is 10.6 Å². The topological polar surface area (TPSA) is 64.7 Å². The predicted octanol–water partition coefficient (Wildman–Crippen LogP) is 3.74. The molecule has 0 aliphatic carbocycles. The molecule has 0 saturated carbocycles. The van der Waals surface area contributed by atoms with E-state index in [4.69, 9.17) is 0 Å². The monoisotopic (exact) mass is 476 g/mol. The van der Waals surface area contributed by atoms with E-state index in [-0.39, 0.29) is 12.1 Å². The summed E-state index contributed by atoms with van der Waals surface area (Å²) in [7, 11) is 0. The van der Waals surface area contributed by atoms with Gasteiger partial charge in [-0.3, -0.25) is 14.5 Å². The molecule has 1 aliphatic rings. The number of benzene rings is 2. The number of carbonyl (C=O) groups excluding carboxylic acids is 2. The van der Waals surface area contributed by atoms with Gasteiger partial charge in [-0.25, -0.2) is 0 Å². The van der Waals surface area contributed by atoms with Crippen LogP contribution in [0.3, 0.4) is 0 Å². The van der Waals surface area contributed by atoms with Crippen molar-refractivity contribution in [1.82, 2.24) is 15.5 Å². The number of para-hydroxylation sites is 1. The lowest BCUT2D eigenvalue weighted by Gasteiger charge is -2.42. The molecular weight excluding hydrogens is 444 g/mol. The van der Waals surface area contributed by atoms with Crippen LogP contribution in [0.25, 0.3) is 0 Å². The highest BCUT2D eigenvalue weighted by molar-refractivity contribution is 7.10. The summed E-state index contributed by atoms with van der Waals surface area (Å²) in [6.07, 6.45) is 0. The molecule has 7 heteroatoms. The summed E-state index contributed by atoms with van der Waals surface area (Å²) in [5.74, 6) is -1.20. The molecule has 34 heavy (non-hydrogen) atoms. The third-order valence-corrected chi connectivity index (χ3v) is 7.22. The van der Waals surface area contributed by atoms with E-state index in [0.29, 0.717) is 6.54 Å². The van der Waals surface area contributed by atoms with Gasteiger partial charge in [0.15, 0.2) is 0 Å². The molecule has 2 atom stereocenters. The van der Waals surface area contributed by atoms with Gasteiger partial charge in [-0.15, -0.1) is 11.3 Å². The van der Waals surface area contributed by atoms with Gasteiger partial charge < -0.3 is 15.5 Å². The summed E-state index contributed by atoms with van der Waals surface area (Å²) in [5, 5.41) is 7.75. The van der Waals surface area contributed by atoms with Crippen LogP contribution in [0.4, 0.5) is 5.69 Å². The fourth-order valence-corrected chi connectivity index (χ4v) is 5.38. The first-order valence-corrected chi connectivity index (χ1v) is 12.6. The van der Waals surface area contributed by atoms with Crippen molar-refractivity contribution >= 4 is 28.8 Å². The molecule has 1 aliphatic heterocycles. The summed E-state index contributed by atoms with van der Waals surface area (Å²) in [6, 6.07) is 22.3. The van der Waals surface area contributed by atoms with Gasteiger partial charge in [-0.1, -0.05) is 54.1 Å². The SMILES string of the molecule is Cc1ccc(CNC(=O)C(=O)NC(C)C(c2cccs2)N2CCN(c3ccccc3)CC2)cc1. The molecule has 2 amide bonds. The van der Waals surface area contributed by atoms with Gasteiger partial charge in [-0.05, 0) is 43.0 Å². The Morgan fingerprint density at radius 3 is 2.26 bits per heavy atom. The first kappa shape index (κ1) is 24.0. The summed E-state index contributed by atoms with van der Waals surface area (Å²) >= 11 is 1.69. The van der Waals surface area contributed by atoms with Gasteiger partial charge >= 0.3 is 11.8 Å². The van der Waals surface area contributed by atoms with Gasteiger partial charge in [0.1, 0.15) is 0 Å². The highest BCUT2D eigenvalue weighted by atomic mass is 32.1. The fourth-order valence-electron chi connectivity index (χ4n) is 4.42. The number of nitrogens with one attached hydrogen (secondary N) is 2. The second-order valence-corrected chi connectivity index (χ2v) is 9.73. The molecule has 2 heterocycles. The standard InChI is InChI=1S/C27H32N4O2S/c1-20-10-12-22(13-11-20)19-28-26(32)27(33)29-21(2)25(24-9-6-18-34-24)31-16-14-30(15-17-31)23-7-4-3-5-8-23/h3-13,18,21,25H,14-17,19H2,1-2H3,(H,28,32)(H,29,33). The zero-order valence-electron chi connectivity index (χ0n) is 19.7. The smallest absolute Gasteiger partial charge is 0.309 e. The van der Waals surface area contributed by atoms with Crippen LogP contribution in [-0.2, 0) is 16.1 Å². The van der Waals surface area contributed by atoms with Crippen LogP contribution in [0.15, 0.2) is 72.1 Å². The highest BCUT2D eigenvalue weighted by Crippen LogP contribution is 2.30. The van der Waals surface area contributed by atoms with Crippen LogP contribution < -0.4 is 15.5 Å². The molecule has 4 rings (SSSR count). The van der Waals surface area contributed by atoms with Crippen LogP contribution in [0.5, 0.6) is 0 Å². The Morgan fingerprint density at radius 1 is 0.912 bits per heavy atom. The zero-order chi connectivity index (χ0) is 23.9. The number of hydrogen-bond donors (Lipinski definition) is 2. The van der Waals surface area contributed by atoms with Crippen molar-refractivity contribution in [3.05, 3.63) is 88.1 Å². The van der Waals surface area contributed by atoms with E-state index in [1.807, 2.05) is 50.2 Å². The number of anilines is 1. The maximum Gasteiger partial charge on any atom is 0.309 e. The van der Waals surface area contributed by atoms with Gasteiger partial charge in [0.2, 0.25) is 0 Å². The van der Waals surface area contributed by atoms with E-state index in [0.717, 1.165) is 37.3 Å². The normalized spacial score (nSPS) is 16.0. The number of nitrogens with zero attached hydrogens (tertiary/aromatic N) is 2. The van der Waals surface area contributed by atoms with Crippen molar-refractivity contribution in [3.63, 3.8) is 0 Å². The van der Waals surface area contributed by atoms with Crippen molar-refractivity contribution in [2.24, 2.45) is 0 Å². The van der Waals surface area contributed by atoms with Gasteiger partial charge in [0, 0.05) is 49.3 Å². The van der Waals surface area contributed by atoms with Crippen LogP contribution in [-0.4, -0.2) is 48.9 Å². The lowest BCUT2D eigenvalue weighted by atomic mass is 10.0. The quantitative estimate of drug-likeness (QED) is 0.510. The van der Waals surface area contributed by atoms with Crippen LogP contribution in [0.2, 0.25) is 0 Å². The number of rotatable bonds is 7. The number of aryl methyl sites for hydroxylation is 1. The minimum atomic E-state index is -0.605. The molecule has 0 radical (unpaired) electrons. The lowest BCUT2D eigenvalue weighted by molar-refractivity contribution is -0.140. The Morgan fingerprint density at radius 2 is 1.62 bits per heavy atom. The minimum Gasteiger partial charge on any atom is -0.369 e. The molecule has 6 nitrogen and oxygen atoms in total. The third kappa shape index (κ3) is 6.04. The van der Waals surface area contributed by atoms with Crippen molar-refractivity contribution in [3.8, 4) is 0 Å². The molecule has 0 bridgehead atoms. The molecule has 1 saturated heterocycles. The molecule has 1 aromatic heterocycles. The number of carbonyl (C=O) groups is 2. The number of thiophene rings is 1. The van der Waals surface area contributed by atoms with Crippen LogP contribution in [0, 0.1) is 6.92 Å². The lowest BCUT2D eigenvalue weighted by Crippen LogP contribution is -2.53. The first-order chi connectivity index (χ1) is 16.5. The number of amides is 2. The summed E-state index contributed by atoms with van der Waals surface area (Å²) < 4.78 is 0. The molecule has 0 spiro atoms. The summed E-state index contributed by atoms with van der Waals surface area (Å²) in [6.45, 7) is 7.94. The Bertz CT molecular complexity index is 1060. The van der Waals surface area contributed by atoms with Gasteiger partial charge in [0.05, 0.1) is 6.04 Å². The summed E-state index contributed by atoms with van der Waals surface area (Å²) in [4.78, 5) is 31.1. The van der Waals surface area contributed by atoms with E-state index >= 15 is 0 Å². The van der Waals surface area contributed by atoms with E-state index in [9.17, 15) is 9.59 Å². The average molecular weight is 477 g/mol. The molecule has 178 valence electrons. The van der Waals surface area contributed by atoms with Crippen molar-refractivity contribution < 1.29 is 9.59 Å². The Hall–Kier alpha value is -3.16. The maximum absolute atomic E-state index is 12.7. The molecule has 2 aromatic carbocycles. The predicted molar refractivity (Wildman–Crippen MR) is 138 cm³/mol. The molecule has 1 fully saturated rings. The van der Waals surface area contributed by atoms with Crippen molar-refractivity contribution in [2.75, 3.05) is 31.1 Å². The van der Waals surface area contributed by atoms with Crippen LogP contribution >= 0.6 is 11.3 Å². The molecular formula is C27H32N4O2S. The molecule has 2 N–H and O–H groups in total. The second-order valence-electron chi connectivity index (χ2n) is 8.75. The Balaban J connectivity index is 1.36. The van der Waals surface area contributed by atoms with E-state index in [1.54, 1.807) is 11.3 Å². The number of piperazine rings is 1. The second kappa shape index (κ2) is 11.3. The molecule has 3 aromatic rings. The Kier molecular flexibility index (Phi) is 7.98. The fraction of sp³-hybridized carbons (Fsp3) is 0.333. The molecule has 2 unspecified atom stereocenters. The van der Waals surface area contributed by atoms with Crippen LogP contribution in [0.1, 0.15) is 29.0 Å².